The molecule has 1 N–H and O–H groups in total. The standard InChI is InChI=1S/C16H20ClFN2/c1-5-8-19-12-9-13(16(2,3)4)20-15-10(17)6-7-11(18)14(12)15/h6-7,9H,5,8H2,1-4H3,(H,19,20). The number of nitrogens with zero attached hydrogens (tertiary/aromatic N) is 1. The fraction of sp³-hybridized carbons (Fsp3) is 0.438. The first kappa shape index (κ1) is 15.0. The zero-order valence-corrected chi connectivity index (χ0v) is 13.1. The first-order valence-corrected chi connectivity index (χ1v) is 7.25. The number of nitrogens with one attached hydrogen (secondary N) is 1. The zero-order chi connectivity index (χ0) is 14.9. The van der Waals surface area contributed by atoms with E-state index in [2.05, 4.69) is 38.0 Å². The van der Waals surface area contributed by atoms with Gasteiger partial charge in [-0.3, -0.25) is 4.98 Å². The van der Waals surface area contributed by atoms with Crippen molar-refractivity contribution in [1.29, 1.82) is 0 Å². The maximum atomic E-state index is 14.1. The van der Waals surface area contributed by atoms with Gasteiger partial charge in [-0.1, -0.05) is 39.3 Å². The molecule has 0 bridgehead atoms. The third-order valence-corrected chi connectivity index (χ3v) is 3.50. The number of aromatic nitrogens is 1. The summed E-state index contributed by atoms with van der Waals surface area (Å²) in [4.78, 5) is 4.56. The Bertz CT molecular complexity index is 632. The average molecular weight is 295 g/mol. The van der Waals surface area contributed by atoms with Gasteiger partial charge in [0.2, 0.25) is 0 Å². The minimum atomic E-state index is -0.295. The van der Waals surface area contributed by atoms with Gasteiger partial charge in [-0.15, -0.1) is 0 Å². The van der Waals surface area contributed by atoms with Gasteiger partial charge in [-0.2, -0.15) is 0 Å². The summed E-state index contributed by atoms with van der Waals surface area (Å²) in [5.74, 6) is -0.295. The van der Waals surface area contributed by atoms with Crippen molar-refractivity contribution >= 4 is 28.2 Å². The molecule has 0 fully saturated rings. The van der Waals surface area contributed by atoms with Crippen LogP contribution >= 0.6 is 11.6 Å². The van der Waals surface area contributed by atoms with Crippen LogP contribution < -0.4 is 5.32 Å². The monoisotopic (exact) mass is 294 g/mol. The van der Waals surface area contributed by atoms with Crippen molar-refractivity contribution < 1.29 is 4.39 Å². The van der Waals surface area contributed by atoms with Crippen molar-refractivity contribution in [2.45, 2.75) is 39.5 Å². The molecule has 0 aliphatic rings. The quantitative estimate of drug-likeness (QED) is 0.847. The number of pyridine rings is 1. The van der Waals surface area contributed by atoms with Crippen LogP contribution in [0.5, 0.6) is 0 Å². The van der Waals surface area contributed by atoms with E-state index in [4.69, 9.17) is 11.6 Å². The van der Waals surface area contributed by atoms with Gasteiger partial charge in [0, 0.05) is 23.3 Å². The van der Waals surface area contributed by atoms with E-state index in [9.17, 15) is 4.39 Å². The second-order valence-electron chi connectivity index (χ2n) is 5.98. The second kappa shape index (κ2) is 5.57. The van der Waals surface area contributed by atoms with Crippen LogP contribution in [0.4, 0.5) is 10.1 Å². The van der Waals surface area contributed by atoms with Crippen LogP contribution in [0.1, 0.15) is 39.8 Å². The molecule has 2 rings (SSSR count). The second-order valence-corrected chi connectivity index (χ2v) is 6.39. The van der Waals surface area contributed by atoms with E-state index in [1.807, 2.05) is 6.07 Å². The lowest BCUT2D eigenvalue weighted by atomic mass is 9.90. The molecule has 2 aromatic rings. The molecule has 0 aliphatic carbocycles. The first-order valence-electron chi connectivity index (χ1n) is 6.87. The van der Waals surface area contributed by atoms with E-state index in [0.29, 0.717) is 15.9 Å². The van der Waals surface area contributed by atoms with Crippen molar-refractivity contribution in [3.05, 3.63) is 34.7 Å². The number of hydrogen-bond donors (Lipinski definition) is 1. The third kappa shape index (κ3) is 2.88. The van der Waals surface area contributed by atoms with Gasteiger partial charge in [0.25, 0.3) is 0 Å². The van der Waals surface area contributed by atoms with Gasteiger partial charge < -0.3 is 5.32 Å². The molecular weight excluding hydrogens is 275 g/mol. The lowest BCUT2D eigenvalue weighted by molar-refractivity contribution is 0.571. The van der Waals surface area contributed by atoms with Gasteiger partial charge in [-0.05, 0) is 24.6 Å². The van der Waals surface area contributed by atoms with Crippen molar-refractivity contribution in [2.24, 2.45) is 0 Å². The largest absolute Gasteiger partial charge is 0.384 e. The molecule has 0 amide bonds. The molecule has 4 heteroatoms. The molecular formula is C16H20ClFN2. The molecule has 0 spiro atoms. The molecule has 108 valence electrons. The Balaban J connectivity index is 2.74. The van der Waals surface area contributed by atoms with Gasteiger partial charge in [0.1, 0.15) is 5.82 Å². The lowest BCUT2D eigenvalue weighted by Crippen LogP contribution is -2.15. The minimum absolute atomic E-state index is 0.119. The fourth-order valence-corrected chi connectivity index (χ4v) is 2.25. The SMILES string of the molecule is CCCNc1cc(C(C)(C)C)nc2c(Cl)ccc(F)c12. The van der Waals surface area contributed by atoms with E-state index in [-0.39, 0.29) is 11.2 Å². The average Bonchev–Trinajstić information content (AvgIpc) is 2.39. The summed E-state index contributed by atoms with van der Waals surface area (Å²) in [6.45, 7) is 9.10. The topological polar surface area (TPSA) is 24.9 Å². The minimum Gasteiger partial charge on any atom is -0.384 e. The van der Waals surface area contributed by atoms with Crippen molar-refractivity contribution in [3.63, 3.8) is 0 Å². The molecule has 1 aromatic heterocycles. The number of halogens is 2. The van der Waals surface area contributed by atoms with E-state index >= 15 is 0 Å². The predicted molar refractivity (Wildman–Crippen MR) is 84.2 cm³/mol. The van der Waals surface area contributed by atoms with Crippen molar-refractivity contribution in [2.75, 3.05) is 11.9 Å². The van der Waals surface area contributed by atoms with E-state index < -0.39 is 0 Å². The normalized spacial score (nSPS) is 11.9. The van der Waals surface area contributed by atoms with Gasteiger partial charge >= 0.3 is 0 Å². The molecule has 0 saturated carbocycles. The smallest absolute Gasteiger partial charge is 0.134 e. The third-order valence-electron chi connectivity index (χ3n) is 3.19. The van der Waals surface area contributed by atoms with Crippen LogP contribution in [0.2, 0.25) is 5.02 Å². The Morgan fingerprint density at radius 3 is 2.60 bits per heavy atom. The molecule has 1 aromatic carbocycles. The van der Waals surface area contributed by atoms with Crippen LogP contribution in [0.25, 0.3) is 10.9 Å². The number of fused-ring (bicyclic) bond motifs is 1. The summed E-state index contributed by atoms with van der Waals surface area (Å²) < 4.78 is 14.1. The Hall–Kier alpha value is -1.35. The van der Waals surface area contributed by atoms with Crippen molar-refractivity contribution in [3.8, 4) is 0 Å². The molecule has 0 saturated heterocycles. The van der Waals surface area contributed by atoms with Crippen LogP contribution in [-0.2, 0) is 5.41 Å². The van der Waals surface area contributed by atoms with Crippen LogP contribution in [-0.4, -0.2) is 11.5 Å². The Kier molecular flexibility index (Phi) is 4.19. The van der Waals surface area contributed by atoms with Crippen molar-refractivity contribution in [1.82, 2.24) is 4.98 Å². The highest BCUT2D eigenvalue weighted by molar-refractivity contribution is 6.35. The summed E-state index contributed by atoms with van der Waals surface area (Å²) in [6.07, 6.45) is 0.969. The Morgan fingerprint density at radius 2 is 2.00 bits per heavy atom. The van der Waals surface area contributed by atoms with Crippen LogP contribution in [0.3, 0.4) is 0 Å². The van der Waals surface area contributed by atoms with Crippen LogP contribution in [0.15, 0.2) is 18.2 Å². The molecule has 0 aliphatic heterocycles. The maximum absolute atomic E-state index is 14.1. The summed E-state index contributed by atoms with van der Waals surface area (Å²) >= 11 is 6.20. The van der Waals surface area contributed by atoms with Gasteiger partial charge in [-0.25, -0.2) is 4.39 Å². The van der Waals surface area contributed by atoms with Gasteiger partial charge in [0.05, 0.1) is 15.9 Å². The molecule has 20 heavy (non-hydrogen) atoms. The van der Waals surface area contributed by atoms with E-state index in [0.717, 1.165) is 24.3 Å². The number of rotatable bonds is 3. The number of hydrogen-bond acceptors (Lipinski definition) is 2. The Labute approximate surface area is 124 Å². The van der Waals surface area contributed by atoms with E-state index in [1.165, 1.54) is 6.07 Å². The summed E-state index contributed by atoms with van der Waals surface area (Å²) in [5.41, 5.74) is 2.07. The lowest BCUT2D eigenvalue weighted by Gasteiger charge is -2.21. The number of anilines is 1. The zero-order valence-electron chi connectivity index (χ0n) is 12.3. The highest BCUT2D eigenvalue weighted by atomic mass is 35.5. The maximum Gasteiger partial charge on any atom is 0.134 e. The van der Waals surface area contributed by atoms with Gasteiger partial charge in [0.15, 0.2) is 0 Å². The highest BCUT2D eigenvalue weighted by Crippen LogP contribution is 2.34. The number of benzene rings is 1. The fourth-order valence-electron chi connectivity index (χ4n) is 2.05. The molecule has 0 atom stereocenters. The summed E-state index contributed by atoms with van der Waals surface area (Å²) in [6, 6.07) is 4.87. The molecule has 1 heterocycles. The Morgan fingerprint density at radius 1 is 1.30 bits per heavy atom. The van der Waals surface area contributed by atoms with E-state index in [1.54, 1.807) is 6.07 Å². The molecule has 0 unspecified atom stereocenters. The summed E-state index contributed by atoms with van der Waals surface area (Å²) in [5, 5.41) is 4.23. The first-order chi connectivity index (χ1) is 9.34. The predicted octanol–water partition coefficient (Wildman–Crippen LogP) is 5.15. The highest BCUT2D eigenvalue weighted by Gasteiger charge is 2.20. The summed E-state index contributed by atoms with van der Waals surface area (Å²) in [7, 11) is 0. The molecule has 0 radical (unpaired) electrons. The molecule has 2 nitrogen and oxygen atoms in total. The van der Waals surface area contributed by atoms with Crippen LogP contribution in [0, 0.1) is 5.82 Å².